The van der Waals surface area contributed by atoms with Crippen LogP contribution in [0.2, 0.25) is 0 Å². The molecule has 0 aliphatic carbocycles. The summed E-state index contributed by atoms with van der Waals surface area (Å²) in [5.74, 6) is 1.15. The molecule has 1 aliphatic rings. The van der Waals surface area contributed by atoms with Gasteiger partial charge in [0.15, 0.2) is 0 Å². The number of nitrogens with zero attached hydrogens (tertiary/aromatic N) is 1. The Bertz CT molecular complexity index is 156. The van der Waals surface area contributed by atoms with Crippen molar-refractivity contribution in [3.05, 3.63) is 0 Å². The Morgan fingerprint density at radius 1 is 1.58 bits per heavy atom. The Hall–Kier alpha value is -0.370. The van der Waals surface area contributed by atoms with Crippen molar-refractivity contribution in [1.82, 2.24) is 4.90 Å². The Morgan fingerprint density at radius 2 is 2.33 bits per heavy atom. The Labute approximate surface area is 74.9 Å². The largest absolute Gasteiger partial charge is 0.299 e. The van der Waals surface area contributed by atoms with E-state index in [0.29, 0.717) is 12.3 Å². The van der Waals surface area contributed by atoms with Crippen LogP contribution in [-0.4, -0.2) is 30.3 Å². The number of carbonyl (C=O) groups is 1. The summed E-state index contributed by atoms with van der Waals surface area (Å²) in [6, 6.07) is 0. The average molecular weight is 169 g/mol. The van der Waals surface area contributed by atoms with Crippen LogP contribution in [0.4, 0.5) is 0 Å². The minimum atomic E-state index is 0.298. The first-order valence-electron chi connectivity index (χ1n) is 4.94. The summed E-state index contributed by atoms with van der Waals surface area (Å²) in [5.41, 5.74) is 0. The van der Waals surface area contributed by atoms with Gasteiger partial charge in [-0.15, -0.1) is 0 Å². The molecule has 1 aliphatic heterocycles. The van der Waals surface area contributed by atoms with E-state index < -0.39 is 0 Å². The van der Waals surface area contributed by atoms with Gasteiger partial charge in [-0.2, -0.15) is 0 Å². The van der Waals surface area contributed by atoms with Crippen LogP contribution in [0.5, 0.6) is 0 Å². The standard InChI is InChI=1S/C10H19NO/c1-3-4-10-5-6-11(8-10)7-9(2)12/h10H,3-8H2,1-2H3. The fraction of sp³-hybridized carbons (Fsp3) is 0.900. The summed E-state index contributed by atoms with van der Waals surface area (Å²) in [5, 5.41) is 0. The maximum atomic E-state index is 10.8. The molecule has 1 fully saturated rings. The third-order valence-electron chi connectivity index (χ3n) is 2.51. The summed E-state index contributed by atoms with van der Waals surface area (Å²) in [6.07, 6.45) is 3.90. The average Bonchev–Trinajstić information content (AvgIpc) is 2.36. The summed E-state index contributed by atoms with van der Waals surface area (Å²) >= 11 is 0. The van der Waals surface area contributed by atoms with Gasteiger partial charge in [0.2, 0.25) is 0 Å². The number of hydrogen-bond acceptors (Lipinski definition) is 2. The predicted octanol–water partition coefficient (Wildman–Crippen LogP) is 1.70. The van der Waals surface area contributed by atoms with Gasteiger partial charge in [0.25, 0.3) is 0 Å². The van der Waals surface area contributed by atoms with Crippen LogP contribution in [0.15, 0.2) is 0 Å². The normalized spacial score (nSPS) is 24.7. The zero-order chi connectivity index (χ0) is 8.97. The highest BCUT2D eigenvalue weighted by atomic mass is 16.1. The monoisotopic (exact) mass is 169 g/mol. The molecule has 2 nitrogen and oxygen atoms in total. The second-order valence-corrected chi connectivity index (χ2v) is 3.88. The van der Waals surface area contributed by atoms with E-state index in [1.165, 1.54) is 19.3 Å². The molecule has 1 atom stereocenters. The smallest absolute Gasteiger partial charge is 0.143 e. The van der Waals surface area contributed by atoms with E-state index >= 15 is 0 Å². The van der Waals surface area contributed by atoms with Gasteiger partial charge >= 0.3 is 0 Å². The molecule has 0 radical (unpaired) electrons. The number of hydrogen-bond donors (Lipinski definition) is 0. The third-order valence-corrected chi connectivity index (χ3v) is 2.51. The van der Waals surface area contributed by atoms with E-state index in [-0.39, 0.29) is 0 Å². The zero-order valence-electron chi connectivity index (χ0n) is 8.18. The van der Waals surface area contributed by atoms with Gasteiger partial charge in [-0.05, 0) is 32.2 Å². The van der Waals surface area contributed by atoms with Crippen molar-refractivity contribution in [2.75, 3.05) is 19.6 Å². The molecule has 1 unspecified atom stereocenters. The highest BCUT2D eigenvalue weighted by Crippen LogP contribution is 2.20. The topological polar surface area (TPSA) is 20.3 Å². The quantitative estimate of drug-likeness (QED) is 0.638. The van der Waals surface area contributed by atoms with Crippen LogP contribution in [0.3, 0.4) is 0 Å². The Kier molecular flexibility index (Phi) is 3.73. The number of rotatable bonds is 4. The zero-order valence-corrected chi connectivity index (χ0v) is 8.18. The van der Waals surface area contributed by atoms with Crippen LogP contribution < -0.4 is 0 Å². The first kappa shape index (κ1) is 9.72. The predicted molar refractivity (Wildman–Crippen MR) is 50.1 cm³/mol. The summed E-state index contributed by atoms with van der Waals surface area (Å²) in [6.45, 7) is 6.85. The van der Waals surface area contributed by atoms with E-state index in [2.05, 4.69) is 11.8 Å². The van der Waals surface area contributed by atoms with Crippen molar-refractivity contribution >= 4 is 5.78 Å². The molecule has 0 N–H and O–H groups in total. The van der Waals surface area contributed by atoms with Gasteiger partial charge in [0.05, 0.1) is 6.54 Å². The highest BCUT2D eigenvalue weighted by molar-refractivity contribution is 5.77. The van der Waals surface area contributed by atoms with Crippen LogP contribution in [0, 0.1) is 5.92 Å². The summed E-state index contributed by atoms with van der Waals surface area (Å²) in [4.78, 5) is 13.1. The Morgan fingerprint density at radius 3 is 2.92 bits per heavy atom. The molecule has 0 spiro atoms. The maximum Gasteiger partial charge on any atom is 0.143 e. The fourth-order valence-electron chi connectivity index (χ4n) is 2.02. The molecule has 1 saturated heterocycles. The van der Waals surface area contributed by atoms with Crippen LogP contribution in [0.1, 0.15) is 33.1 Å². The van der Waals surface area contributed by atoms with Gasteiger partial charge in [-0.25, -0.2) is 0 Å². The lowest BCUT2D eigenvalue weighted by Crippen LogP contribution is -2.26. The number of Topliss-reactive ketones (excluding diaryl/α,β-unsaturated/α-hetero) is 1. The number of ketones is 1. The number of carbonyl (C=O) groups excluding carboxylic acids is 1. The van der Waals surface area contributed by atoms with Gasteiger partial charge in [-0.1, -0.05) is 13.3 Å². The lowest BCUT2D eigenvalue weighted by atomic mass is 10.0. The number of likely N-dealkylation sites (tertiary alicyclic amines) is 1. The second-order valence-electron chi connectivity index (χ2n) is 3.88. The molecular weight excluding hydrogens is 150 g/mol. The lowest BCUT2D eigenvalue weighted by Gasteiger charge is -2.13. The molecule has 1 heterocycles. The minimum absolute atomic E-state index is 0.298. The maximum absolute atomic E-state index is 10.8. The molecule has 12 heavy (non-hydrogen) atoms. The summed E-state index contributed by atoms with van der Waals surface area (Å²) in [7, 11) is 0. The lowest BCUT2D eigenvalue weighted by molar-refractivity contribution is -0.117. The van der Waals surface area contributed by atoms with E-state index in [4.69, 9.17) is 0 Å². The second kappa shape index (κ2) is 4.61. The molecule has 0 bridgehead atoms. The molecule has 0 saturated carbocycles. The van der Waals surface area contributed by atoms with Gasteiger partial charge in [0.1, 0.15) is 5.78 Å². The molecule has 0 aromatic carbocycles. The molecule has 70 valence electrons. The first-order valence-corrected chi connectivity index (χ1v) is 4.94. The highest BCUT2D eigenvalue weighted by Gasteiger charge is 2.21. The molecule has 1 rings (SSSR count). The van der Waals surface area contributed by atoms with Crippen molar-refractivity contribution in [3.63, 3.8) is 0 Å². The molecule has 0 aromatic heterocycles. The summed E-state index contributed by atoms with van der Waals surface area (Å²) < 4.78 is 0. The molecule has 2 heteroatoms. The molecular formula is C10H19NO. The van der Waals surface area contributed by atoms with Gasteiger partial charge in [0, 0.05) is 6.54 Å². The van der Waals surface area contributed by atoms with E-state index in [1.54, 1.807) is 6.92 Å². The van der Waals surface area contributed by atoms with E-state index in [0.717, 1.165) is 19.0 Å². The van der Waals surface area contributed by atoms with E-state index in [9.17, 15) is 4.79 Å². The van der Waals surface area contributed by atoms with Crippen molar-refractivity contribution in [3.8, 4) is 0 Å². The fourth-order valence-corrected chi connectivity index (χ4v) is 2.02. The third kappa shape index (κ3) is 2.94. The van der Waals surface area contributed by atoms with Crippen molar-refractivity contribution < 1.29 is 4.79 Å². The van der Waals surface area contributed by atoms with Crippen LogP contribution in [0.25, 0.3) is 0 Å². The molecule has 0 aromatic rings. The molecule has 0 amide bonds. The van der Waals surface area contributed by atoms with E-state index in [1.807, 2.05) is 0 Å². The van der Waals surface area contributed by atoms with Crippen molar-refractivity contribution in [1.29, 1.82) is 0 Å². The van der Waals surface area contributed by atoms with Crippen LogP contribution in [-0.2, 0) is 4.79 Å². The van der Waals surface area contributed by atoms with Crippen molar-refractivity contribution in [2.24, 2.45) is 5.92 Å². The Balaban J connectivity index is 2.21. The van der Waals surface area contributed by atoms with Crippen LogP contribution >= 0.6 is 0 Å². The minimum Gasteiger partial charge on any atom is -0.299 e. The van der Waals surface area contributed by atoms with Crippen molar-refractivity contribution in [2.45, 2.75) is 33.1 Å². The first-order chi connectivity index (χ1) is 5.72. The van der Waals surface area contributed by atoms with Gasteiger partial charge in [-0.3, -0.25) is 9.69 Å². The van der Waals surface area contributed by atoms with Gasteiger partial charge < -0.3 is 0 Å². The SMILES string of the molecule is CCCC1CCN(CC(C)=O)C1.